The number of hydrogen-bond donors (Lipinski definition) is 1. The Bertz CT molecular complexity index is 561. The molecule has 0 aliphatic heterocycles. The molecular formula is C12H9F3N2OS. The zero-order valence-electron chi connectivity index (χ0n) is 9.55. The van der Waals surface area contributed by atoms with Gasteiger partial charge in [0.2, 0.25) is 0 Å². The number of aromatic nitrogens is 2. The van der Waals surface area contributed by atoms with Gasteiger partial charge in [-0.3, -0.25) is 0 Å². The lowest BCUT2D eigenvalue weighted by Gasteiger charge is -2.13. The van der Waals surface area contributed by atoms with Crippen LogP contribution in [-0.2, 0) is 12.8 Å². The molecule has 0 bridgehead atoms. The molecule has 0 aliphatic rings. The third-order valence-corrected chi connectivity index (χ3v) is 3.33. The van der Waals surface area contributed by atoms with Crippen LogP contribution in [0.15, 0.2) is 46.7 Å². The van der Waals surface area contributed by atoms with Gasteiger partial charge in [0, 0.05) is 11.1 Å². The Balaban J connectivity index is 2.40. The van der Waals surface area contributed by atoms with E-state index >= 15 is 0 Å². The number of aliphatic hydroxyl groups is 1. The van der Waals surface area contributed by atoms with Crippen LogP contribution in [0, 0.1) is 0 Å². The highest BCUT2D eigenvalue weighted by Crippen LogP contribution is 2.39. The maximum absolute atomic E-state index is 12.9. The van der Waals surface area contributed by atoms with Gasteiger partial charge >= 0.3 is 6.18 Å². The first-order valence-electron chi connectivity index (χ1n) is 5.25. The first kappa shape index (κ1) is 13.8. The fourth-order valence-electron chi connectivity index (χ4n) is 1.44. The van der Waals surface area contributed by atoms with Crippen LogP contribution < -0.4 is 0 Å². The molecule has 1 aromatic heterocycles. The van der Waals surface area contributed by atoms with Crippen LogP contribution in [0.3, 0.4) is 0 Å². The summed E-state index contributed by atoms with van der Waals surface area (Å²) in [5.41, 5.74) is -0.554. The van der Waals surface area contributed by atoms with Crippen LogP contribution in [0.1, 0.15) is 11.1 Å². The van der Waals surface area contributed by atoms with E-state index in [1.807, 2.05) is 0 Å². The predicted molar refractivity (Wildman–Crippen MR) is 63.5 cm³/mol. The lowest BCUT2D eigenvalue weighted by atomic mass is 10.1. The lowest BCUT2D eigenvalue weighted by molar-refractivity contribution is -0.139. The average molecular weight is 286 g/mol. The summed E-state index contributed by atoms with van der Waals surface area (Å²) in [5, 5.41) is 9.34. The van der Waals surface area contributed by atoms with E-state index in [-0.39, 0.29) is 10.5 Å². The maximum atomic E-state index is 12.9. The molecule has 100 valence electrons. The molecule has 1 aromatic carbocycles. The van der Waals surface area contributed by atoms with Crippen molar-refractivity contribution in [2.24, 2.45) is 0 Å². The number of benzene rings is 1. The Morgan fingerprint density at radius 1 is 1.21 bits per heavy atom. The van der Waals surface area contributed by atoms with Gasteiger partial charge in [-0.2, -0.15) is 13.2 Å². The third kappa shape index (κ3) is 3.45. The summed E-state index contributed by atoms with van der Waals surface area (Å²) in [5.74, 6) is 0. The van der Waals surface area contributed by atoms with Crippen molar-refractivity contribution >= 4 is 11.8 Å². The summed E-state index contributed by atoms with van der Waals surface area (Å²) in [7, 11) is 0. The van der Waals surface area contributed by atoms with Crippen molar-refractivity contribution in [3.05, 3.63) is 47.9 Å². The molecule has 0 radical (unpaired) electrons. The molecule has 0 atom stereocenters. The molecule has 2 aromatic rings. The molecule has 0 saturated carbocycles. The van der Waals surface area contributed by atoms with Crippen molar-refractivity contribution in [2.75, 3.05) is 0 Å². The summed E-state index contributed by atoms with van der Waals surface area (Å²) < 4.78 is 38.8. The molecule has 0 amide bonds. The molecule has 0 unspecified atom stereocenters. The van der Waals surface area contributed by atoms with Gasteiger partial charge in [0.15, 0.2) is 0 Å². The first-order chi connectivity index (χ1) is 9.00. The normalized spacial score (nSPS) is 11.6. The number of rotatable bonds is 3. The second-order valence-electron chi connectivity index (χ2n) is 3.64. The van der Waals surface area contributed by atoms with Gasteiger partial charge in [-0.15, -0.1) is 0 Å². The predicted octanol–water partition coefficient (Wildman–Crippen LogP) is 3.14. The third-order valence-electron chi connectivity index (χ3n) is 2.30. The van der Waals surface area contributed by atoms with Crippen molar-refractivity contribution in [2.45, 2.75) is 22.7 Å². The van der Waals surface area contributed by atoms with Crippen LogP contribution in [-0.4, -0.2) is 15.1 Å². The van der Waals surface area contributed by atoms with Crippen molar-refractivity contribution in [1.82, 2.24) is 9.97 Å². The highest BCUT2D eigenvalue weighted by Gasteiger charge is 2.34. The van der Waals surface area contributed by atoms with Crippen LogP contribution in [0.2, 0.25) is 0 Å². The van der Waals surface area contributed by atoms with Gasteiger partial charge in [-0.25, -0.2) is 9.97 Å². The summed E-state index contributed by atoms with van der Waals surface area (Å²) in [6.07, 6.45) is -1.73. The average Bonchev–Trinajstić information content (AvgIpc) is 2.39. The fraction of sp³-hybridized carbons (Fsp3) is 0.167. The zero-order chi connectivity index (χ0) is 13.9. The smallest absolute Gasteiger partial charge is 0.392 e. The molecule has 0 aliphatic carbocycles. The molecule has 19 heavy (non-hydrogen) atoms. The zero-order valence-corrected chi connectivity index (χ0v) is 10.4. The monoisotopic (exact) mass is 286 g/mol. The number of alkyl halides is 3. The highest BCUT2D eigenvalue weighted by atomic mass is 32.2. The van der Waals surface area contributed by atoms with Crippen molar-refractivity contribution in [1.29, 1.82) is 0 Å². The van der Waals surface area contributed by atoms with Crippen molar-refractivity contribution in [3.63, 3.8) is 0 Å². The van der Waals surface area contributed by atoms with Crippen molar-refractivity contribution in [3.8, 4) is 0 Å². The van der Waals surface area contributed by atoms with Crippen LogP contribution >= 0.6 is 11.8 Å². The summed E-state index contributed by atoms with van der Waals surface area (Å²) >= 11 is 0.908. The van der Waals surface area contributed by atoms with E-state index in [4.69, 9.17) is 5.11 Å². The van der Waals surface area contributed by atoms with E-state index in [2.05, 4.69) is 9.97 Å². The van der Waals surface area contributed by atoms with E-state index in [1.165, 1.54) is 30.7 Å². The number of hydrogen-bond acceptors (Lipinski definition) is 4. The lowest BCUT2D eigenvalue weighted by Crippen LogP contribution is -2.07. The molecule has 1 heterocycles. The minimum atomic E-state index is -4.47. The second-order valence-corrected chi connectivity index (χ2v) is 4.70. The maximum Gasteiger partial charge on any atom is 0.417 e. The van der Waals surface area contributed by atoms with E-state index in [0.29, 0.717) is 5.03 Å². The standard InChI is InChI=1S/C12H9F3N2OS/c13-12(14,15)9-5-8(6-18)1-2-10(9)19-11-3-4-16-7-17-11/h1-5,7,18H,6H2. The minimum Gasteiger partial charge on any atom is -0.392 e. The number of halogens is 3. The fourth-order valence-corrected chi connectivity index (χ4v) is 2.31. The SMILES string of the molecule is OCc1ccc(Sc2ccncn2)c(C(F)(F)F)c1. The van der Waals surface area contributed by atoms with Crippen LogP contribution in [0.5, 0.6) is 0 Å². The Kier molecular flexibility index (Phi) is 4.06. The largest absolute Gasteiger partial charge is 0.417 e. The van der Waals surface area contributed by atoms with Gasteiger partial charge < -0.3 is 5.11 Å². The van der Waals surface area contributed by atoms with Crippen LogP contribution in [0.4, 0.5) is 13.2 Å². The Morgan fingerprint density at radius 3 is 2.58 bits per heavy atom. The van der Waals surface area contributed by atoms with E-state index in [9.17, 15) is 13.2 Å². The van der Waals surface area contributed by atoms with Gasteiger partial charge in [-0.1, -0.05) is 17.8 Å². The summed E-state index contributed by atoms with van der Waals surface area (Å²) in [6, 6.07) is 5.27. The van der Waals surface area contributed by atoms with E-state index in [0.717, 1.165) is 17.8 Å². The molecule has 0 spiro atoms. The Morgan fingerprint density at radius 2 is 2.00 bits per heavy atom. The molecule has 7 heteroatoms. The molecule has 3 nitrogen and oxygen atoms in total. The van der Waals surface area contributed by atoms with Crippen LogP contribution in [0.25, 0.3) is 0 Å². The van der Waals surface area contributed by atoms with Gasteiger partial charge in [0.25, 0.3) is 0 Å². The molecule has 0 saturated heterocycles. The summed E-state index contributed by atoms with van der Waals surface area (Å²) in [6.45, 7) is -0.429. The summed E-state index contributed by atoms with van der Waals surface area (Å²) in [4.78, 5) is 7.63. The van der Waals surface area contributed by atoms with Gasteiger partial charge in [0.1, 0.15) is 11.4 Å². The van der Waals surface area contributed by atoms with E-state index < -0.39 is 18.3 Å². The molecule has 0 fully saturated rings. The van der Waals surface area contributed by atoms with Gasteiger partial charge in [0.05, 0.1) is 12.2 Å². The Labute approximate surface area is 111 Å². The van der Waals surface area contributed by atoms with Crippen molar-refractivity contribution < 1.29 is 18.3 Å². The quantitative estimate of drug-likeness (QED) is 0.880. The topological polar surface area (TPSA) is 46.0 Å². The molecule has 2 rings (SSSR count). The Hall–Kier alpha value is -1.60. The van der Waals surface area contributed by atoms with Gasteiger partial charge in [-0.05, 0) is 23.8 Å². The highest BCUT2D eigenvalue weighted by molar-refractivity contribution is 7.99. The number of aliphatic hydroxyl groups excluding tert-OH is 1. The minimum absolute atomic E-state index is 0.0448. The molecular weight excluding hydrogens is 277 g/mol. The van der Waals surface area contributed by atoms with E-state index in [1.54, 1.807) is 0 Å². The number of nitrogens with zero attached hydrogens (tertiary/aromatic N) is 2. The first-order valence-corrected chi connectivity index (χ1v) is 6.07. The second kappa shape index (κ2) is 5.58. The molecule has 1 N–H and O–H groups in total.